The first-order valence-electron chi connectivity index (χ1n) is 35.2. The SMILES string of the molecule is [2H]c1nc(-c2[c-]c(-c3cccc4c3nc(-c3cc(C(C([2H])([2H])[2H])(C([2H])([2H])[2H])C([2H])([2H])[2H])cc(C(C([2H])([2H])[2H])(C([2H])([2H])[2H])C([2H])([2H])[2H])c3O)n4-c3ccc(C(C)(C)C)cc3-c3ccccc3)cc(C(C)(C)C)c2)c([2H])c(-c2c([2H])c([2H])c(C([2H])([2H])[2H])c(C([2H])([2H])[2H])c2[2H])c1[2H].[Pt]. The standard InChI is InChI=1S/C60H64N3O.Pt/c1-37-23-24-40(29-38(37)2)41-27-28-61-51(33-41)43-30-42(31-45(32-43)58(6,7)8)47-21-18-22-53-54(47)62-56(49-35-46(59(9,10)11)36-50(55(49)64)60(12,13)14)63(53)52-26-25-44(57(3,4)5)34-48(52)39-19-16-15-17-20-39;/h15-29,31-36,64H,1-14H3;/q-1;/i1D3,2D3,9D3,10D3,11D3,12D3,13D3,14D3,23D,24D,27D,28D,29D,33D;. The Morgan fingerprint density at radius 1 is 0.600 bits per heavy atom. The fraction of sp³-hybridized carbons (Fsp3) is 0.300. The van der Waals surface area contributed by atoms with Gasteiger partial charge in [0, 0.05) is 77.0 Å². The summed E-state index contributed by atoms with van der Waals surface area (Å²) in [6.45, 7) is -20.8. The smallest absolute Gasteiger partial charge is 0.148 e. The van der Waals surface area contributed by atoms with Crippen LogP contribution in [0.1, 0.15) is 157 Å². The number of fused-ring (bicyclic) bond motifs is 1. The molecule has 0 amide bonds. The molecule has 0 radical (unpaired) electrons. The van der Waals surface area contributed by atoms with E-state index in [1.807, 2.05) is 26.8 Å². The van der Waals surface area contributed by atoms with Crippen molar-refractivity contribution in [2.75, 3.05) is 0 Å². The molecule has 336 valence electrons. The summed E-state index contributed by atoms with van der Waals surface area (Å²) in [5, 5.41) is 13.1. The third-order valence-corrected chi connectivity index (χ3v) is 11.0. The number of benzene rings is 6. The zero-order valence-corrected chi connectivity index (χ0v) is 38.5. The summed E-state index contributed by atoms with van der Waals surface area (Å²) >= 11 is 0. The minimum Gasteiger partial charge on any atom is -0.507 e. The van der Waals surface area contributed by atoms with E-state index in [1.54, 1.807) is 69.3 Å². The van der Waals surface area contributed by atoms with Gasteiger partial charge >= 0.3 is 0 Å². The van der Waals surface area contributed by atoms with Crippen molar-refractivity contribution < 1.29 is 67.3 Å². The van der Waals surface area contributed by atoms with Gasteiger partial charge in [0.15, 0.2) is 0 Å². The maximum Gasteiger partial charge on any atom is 0.148 e. The molecule has 0 bridgehead atoms. The number of phenolic OH excluding ortho intramolecular Hbond substituents is 1. The second kappa shape index (κ2) is 17.3. The maximum atomic E-state index is 13.1. The second-order valence-electron chi connectivity index (χ2n) is 17.9. The minimum absolute atomic E-state index is 0. The number of aromatic nitrogens is 3. The molecule has 8 aromatic rings. The molecule has 65 heavy (non-hydrogen) atoms. The molecule has 0 saturated carbocycles. The van der Waals surface area contributed by atoms with E-state index in [4.69, 9.17) is 44.7 Å². The Morgan fingerprint density at radius 2 is 1.28 bits per heavy atom. The van der Waals surface area contributed by atoms with E-state index < -0.39 is 169 Å². The Kier molecular flexibility index (Phi) is 5.94. The molecule has 0 unspecified atom stereocenters. The number of rotatable bonds is 6. The monoisotopic (exact) mass is 1070 g/mol. The second-order valence-corrected chi connectivity index (χ2v) is 17.9. The number of imidazole rings is 1. The van der Waals surface area contributed by atoms with Gasteiger partial charge in [-0.2, -0.15) is 0 Å². The molecule has 0 aliphatic heterocycles. The Balaban J connectivity index is 0.0000128. The predicted octanol–water partition coefficient (Wildman–Crippen LogP) is 16.1. The van der Waals surface area contributed by atoms with E-state index >= 15 is 0 Å². The van der Waals surface area contributed by atoms with E-state index in [0.717, 1.165) is 5.56 Å². The van der Waals surface area contributed by atoms with Gasteiger partial charge in [-0.15, -0.1) is 29.3 Å². The number of hydrogen-bond donors (Lipinski definition) is 1. The molecule has 6 aromatic carbocycles. The van der Waals surface area contributed by atoms with E-state index in [1.165, 1.54) is 28.8 Å². The predicted molar refractivity (Wildman–Crippen MR) is 271 cm³/mol. The first-order valence-corrected chi connectivity index (χ1v) is 20.2. The summed E-state index contributed by atoms with van der Waals surface area (Å²) in [7, 11) is 0. The van der Waals surface area contributed by atoms with Gasteiger partial charge in [0.1, 0.15) is 11.6 Å². The Hall–Kier alpha value is -5.57. The fourth-order valence-corrected chi connectivity index (χ4v) is 7.47. The van der Waals surface area contributed by atoms with E-state index in [-0.39, 0.29) is 60.5 Å². The Labute approximate surface area is 444 Å². The van der Waals surface area contributed by atoms with Crippen molar-refractivity contribution in [1.82, 2.24) is 14.5 Å². The number of phenols is 1. The van der Waals surface area contributed by atoms with Gasteiger partial charge in [0.25, 0.3) is 0 Å². The van der Waals surface area contributed by atoms with Crippen LogP contribution in [0.4, 0.5) is 0 Å². The van der Waals surface area contributed by atoms with Crippen LogP contribution in [0.5, 0.6) is 5.75 Å². The van der Waals surface area contributed by atoms with Gasteiger partial charge in [-0.3, -0.25) is 9.55 Å². The summed E-state index contributed by atoms with van der Waals surface area (Å²) in [5.41, 5.74) is -15.8. The number of pyridine rings is 1. The van der Waals surface area contributed by atoms with Gasteiger partial charge in [0.05, 0.1) is 30.5 Å². The zero-order valence-electron chi connectivity index (χ0n) is 66.3. The molecule has 0 aliphatic rings. The summed E-state index contributed by atoms with van der Waals surface area (Å²) in [6, 6.07) is 20.5. The van der Waals surface area contributed by atoms with Crippen molar-refractivity contribution in [1.29, 1.82) is 0 Å². The maximum absolute atomic E-state index is 13.1. The van der Waals surface area contributed by atoms with E-state index in [0.29, 0.717) is 22.8 Å². The summed E-state index contributed by atoms with van der Waals surface area (Å²) in [4.78, 5) is 9.37. The third kappa shape index (κ3) is 9.43. The van der Waals surface area contributed by atoms with Gasteiger partial charge in [-0.05, 0) is 105 Å². The first-order chi connectivity index (χ1) is 42.4. The number of para-hydroxylation sites is 1. The van der Waals surface area contributed by atoms with Crippen LogP contribution in [0.3, 0.4) is 0 Å². The molecule has 2 aromatic heterocycles. The molecule has 0 fully saturated rings. The van der Waals surface area contributed by atoms with Gasteiger partial charge in [0.2, 0.25) is 0 Å². The van der Waals surface area contributed by atoms with Crippen LogP contribution >= 0.6 is 0 Å². The summed E-state index contributed by atoms with van der Waals surface area (Å²) in [6.07, 6.45) is -0.879. The van der Waals surface area contributed by atoms with Gasteiger partial charge in [-0.25, -0.2) is 4.98 Å². The zero-order chi connectivity index (χ0) is 71.3. The topological polar surface area (TPSA) is 50.9 Å². The van der Waals surface area contributed by atoms with E-state index in [2.05, 4.69) is 11.1 Å². The van der Waals surface area contributed by atoms with E-state index in [9.17, 15) is 6.48 Å². The number of hydrogen-bond acceptors (Lipinski definition) is 3. The molecule has 0 saturated heterocycles. The molecule has 5 heteroatoms. The largest absolute Gasteiger partial charge is 0.507 e. The van der Waals surface area contributed by atoms with Crippen molar-refractivity contribution in [2.24, 2.45) is 0 Å². The number of nitrogens with zero attached hydrogens (tertiary/aromatic N) is 3. The molecule has 8 rings (SSSR count). The summed E-state index contributed by atoms with van der Waals surface area (Å²) in [5.74, 6) is -2.12. The molecule has 0 atom stereocenters. The van der Waals surface area contributed by atoms with Crippen LogP contribution in [0.15, 0.2) is 127 Å². The summed E-state index contributed by atoms with van der Waals surface area (Å²) < 4.78 is 263. The average molecular weight is 1070 g/mol. The Morgan fingerprint density at radius 3 is 1.97 bits per heavy atom. The molecular formula is C60H64N3OPt-. The van der Waals surface area contributed by atoms with Crippen molar-refractivity contribution in [3.05, 3.63) is 167 Å². The molecule has 1 N–H and O–H groups in total. The van der Waals surface area contributed by atoms with Crippen LogP contribution in [0.2, 0.25) is 0 Å². The van der Waals surface area contributed by atoms with Crippen LogP contribution in [0, 0.1) is 19.8 Å². The van der Waals surface area contributed by atoms with Crippen molar-refractivity contribution in [3.63, 3.8) is 0 Å². The number of aromatic hydroxyl groups is 1. The molecule has 0 spiro atoms. The molecular weight excluding hydrogens is 974 g/mol. The van der Waals surface area contributed by atoms with Crippen molar-refractivity contribution in [3.8, 4) is 67.5 Å². The normalized spacial score (nSPS) is 20.7. The third-order valence-electron chi connectivity index (χ3n) is 11.0. The molecule has 4 nitrogen and oxygen atoms in total. The fourth-order valence-electron chi connectivity index (χ4n) is 7.47. The van der Waals surface area contributed by atoms with Crippen LogP contribution in [0.25, 0.3) is 72.7 Å². The molecule has 0 aliphatic carbocycles. The van der Waals surface area contributed by atoms with Crippen LogP contribution < -0.4 is 0 Å². The van der Waals surface area contributed by atoms with Crippen LogP contribution in [-0.2, 0) is 42.7 Å². The van der Waals surface area contributed by atoms with Gasteiger partial charge < -0.3 is 5.11 Å². The Bertz CT molecular complexity index is 4230. The molecule has 2 heterocycles. The quantitative estimate of drug-likeness (QED) is 0.169. The van der Waals surface area contributed by atoms with Crippen LogP contribution in [-0.4, -0.2) is 19.6 Å². The average Bonchev–Trinajstić information content (AvgIpc) is 1.15. The first kappa shape index (κ1) is 22.3. The minimum atomic E-state index is -4.27. The van der Waals surface area contributed by atoms with Gasteiger partial charge in [-0.1, -0.05) is 173 Å². The van der Waals surface area contributed by atoms with Crippen molar-refractivity contribution >= 4 is 11.0 Å². The van der Waals surface area contributed by atoms with Crippen molar-refractivity contribution in [2.45, 2.75) is 118 Å².